The smallest absolute Gasteiger partial charge is 0.179 e. The number of ether oxygens (including phenoxy) is 2. The van der Waals surface area contributed by atoms with Gasteiger partial charge >= 0.3 is 0 Å². The van der Waals surface area contributed by atoms with E-state index in [-0.39, 0.29) is 0 Å². The van der Waals surface area contributed by atoms with E-state index in [9.17, 15) is 0 Å². The first kappa shape index (κ1) is 15.0. The van der Waals surface area contributed by atoms with Crippen molar-refractivity contribution in [3.05, 3.63) is 22.7 Å². The van der Waals surface area contributed by atoms with Crippen molar-refractivity contribution in [1.82, 2.24) is 5.32 Å². The molecule has 0 bridgehead atoms. The quantitative estimate of drug-likeness (QED) is 0.786. The Bertz CT molecular complexity index is 486. The van der Waals surface area contributed by atoms with Gasteiger partial charge in [-0.15, -0.1) is 0 Å². The molecule has 4 heteroatoms. The molecule has 0 saturated heterocycles. The van der Waals surface area contributed by atoms with E-state index < -0.39 is 0 Å². The van der Waals surface area contributed by atoms with Gasteiger partial charge in [0.1, 0.15) is 0 Å². The van der Waals surface area contributed by atoms with Crippen molar-refractivity contribution < 1.29 is 9.47 Å². The van der Waals surface area contributed by atoms with Gasteiger partial charge in [-0.05, 0) is 62.1 Å². The third-order valence-electron chi connectivity index (χ3n) is 4.37. The second-order valence-corrected chi connectivity index (χ2v) is 6.53. The van der Waals surface area contributed by atoms with Gasteiger partial charge in [-0.2, -0.15) is 0 Å². The Labute approximate surface area is 132 Å². The zero-order valence-corrected chi connectivity index (χ0v) is 13.6. The topological polar surface area (TPSA) is 30.5 Å². The zero-order valence-electron chi connectivity index (χ0n) is 12.8. The summed E-state index contributed by atoms with van der Waals surface area (Å²) in [6, 6.07) is 4.71. The first-order valence-corrected chi connectivity index (χ1v) is 8.33. The van der Waals surface area contributed by atoms with E-state index in [4.69, 9.17) is 21.1 Å². The van der Waals surface area contributed by atoms with Gasteiger partial charge in [0.25, 0.3) is 0 Å². The van der Waals surface area contributed by atoms with Gasteiger partial charge in [0.15, 0.2) is 11.5 Å². The van der Waals surface area contributed by atoms with Crippen molar-refractivity contribution in [2.75, 3.05) is 13.7 Å². The minimum Gasteiger partial charge on any atom is -0.491 e. The number of hydrogen-bond donors (Lipinski definition) is 1. The Morgan fingerprint density at radius 2 is 1.90 bits per heavy atom. The average molecular weight is 310 g/mol. The molecule has 1 aromatic rings. The van der Waals surface area contributed by atoms with Crippen LogP contribution in [0.15, 0.2) is 12.1 Å². The number of benzene rings is 1. The van der Waals surface area contributed by atoms with Crippen LogP contribution in [0.1, 0.15) is 38.2 Å². The molecule has 0 atom stereocenters. The summed E-state index contributed by atoms with van der Waals surface area (Å²) < 4.78 is 11.0. The van der Waals surface area contributed by atoms with Crippen LogP contribution in [0.5, 0.6) is 11.5 Å². The number of halogens is 1. The summed E-state index contributed by atoms with van der Waals surface area (Å²) in [4.78, 5) is 0. The standard InChI is InChI=1S/C17H24ClNO2/c1-3-21-15-9-11(8-14(18)17(15)20-2)10-19-16(12-4-5-12)13-6-7-13/h8-9,12-13,16,19H,3-7,10H2,1-2H3. The molecule has 0 spiro atoms. The van der Waals surface area contributed by atoms with Crippen molar-refractivity contribution in [2.45, 2.75) is 45.2 Å². The first-order chi connectivity index (χ1) is 10.2. The summed E-state index contributed by atoms with van der Waals surface area (Å²) in [7, 11) is 1.62. The molecule has 0 aliphatic heterocycles. The molecular weight excluding hydrogens is 286 g/mol. The van der Waals surface area contributed by atoms with Gasteiger partial charge in [-0.3, -0.25) is 0 Å². The van der Waals surface area contributed by atoms with Crippen LogP contribution in [-0.4, -0.2) is 19.8 Å². The second-order valence-electron chi connectivity index (χ2n) is 6.12. The van der Waals surface area contributed by atoms with Gasteiger partial charge in [0.05, 0.1) is 18.7 Å². The minimum absolute atomic E-state index is 0.607. The van der Waals surface area contributed by atoms with Gasteiger partial charge in [0, 0.05) is 12.6 Å². The Hall–Kier alpha value is -0.930. The van der Waals surface area contributed by atoms with Crippen LogP contribution in [0, 0.1) is 11.8 Å². The lowest BCUT2D eigenvalue weighted by atomic mass is 10.1. The van der Waals surface area contributed by atoms with E-state index in [1.807, 2.05) is 19.1 Å². The molecule has 3 rings (SSSR count). The monoisotopic (exact) mass is 309 g/mol. The van der Waals surface area contributed by atoms with Crippen LogP contribution in [0.4, 0.5) is 0 Å². The Morgan fingerprint density at radius 3 is 2.43 bits per heavy atom. The molecule has 0 aromatic heterocycles. The number of rotatable bonds is 8. The number of nitrogens with one attached hydrogen (secondary N) is 1. The lowest BCUT2D eigenvalue weighted by molar-refractivity contribution is 0.310. The fourth-order valence-electron chi connectivity index (χ4n) is 3.05. The van der Waals surface area contributed by atoms with Gasteiger partial charge < -0.3 is 14.8 Å². The third kappa shape index (κ3) is 3.64. The predicted octanol–water partition coefficient (Wildman–Crippen LogP) is 4.03. The van der Waals surface area contributed by atoms with Crippen LogP contribution < -0.4 is 14.8 Å². The van der Waals surface area contributed by atoms with Crippen LogP contribution in [0.25, 0.3) is 0 Å². The summed E-state index contributed by atoms with van der Waals surface area (Å²) >= 11 is 6.30. The van der Waals surface area contributed by atoms with Crippen LogP contribution >= 0.6 is 11.6 Å². The molecule has 116 valence electrons. The van der Waals surface area contributed by atoms with Gasteiger partial charge in [0.2, 0.25) is 0 Å². The minimum atomic E-state index is 0.607. The first-order valence-electron chi connectivity index (χ1n) is 7.95. The maximum atomic E-state index is 6.30. The summed E-state index contributed by atoms with van der Waals surface area (Å²) in [5.74, 6) is 3.16. The average Bonchev–Trinajstić information content (AvgIpc) is 3.33. The molecule has 0 radical (unpaired) electrons. The fourth-order valence-corrected chi connectivity index (χ4v) is 3.36. The highest BCUT2D eigenvalue weighted by molar-refractivity contribution is 6.32. The van der Waals surface area contributed by atoms with E-state index in [1.54, 1.807) is 7.11 Å². The maximum Gasteiger partial charge on any atom is 0.179 e. The summed E-state index contributed by atoms with van der Waals surface area (Å²) in [6.07, 6.45) is 5.56. The normalized spacial score (nSPS) is 18.1. The second kappa shape index (κ2) is 6.45. The van der Waals surface area contributed by atoms with Crippen LogP contribution in [-0.2, 0) is 6.54 Å². The van der Waals surface area contributed by atoms with Crippen molar-refractivity contribution in [2.24, 2.45) is 11.8 Å². The molecular formula is C17H24ClNO2. The molecule has 1 aromatic carbocycles. The van der Waals surface area contributed by atoms with Gasteiger partial charge in [-0.1, -0.05) is 11.6 Å². The highest BCUT2D eigenvalue weighted by Crippen LogP contribution is 2.44. The molecule has 2 fully saturated rings. The SMILES string of the molecule is CCOc1cc(CNC(C2CC2)C2CC2)cc(Cl)c1OC. The highest BCUT2D eigenvalue weighted by atomic mass is 35.5. The zero-order chi connectivity index (χ0) is 14.8. The molecule has 2 saturated carbocycles. The maximum absolute atomic E-state index is 6.30. The summed E-state index contributed by atoms with van der Waals surface area (Å²) in [5, 5.41) is 4.36. The summed E-state index contributed by atoms with van der Waals surface area (Å²) in [6.45, 7) is 3.42. The summed E-state index contributed by atoms with van der Waals surface area (Å²) in [5.41, 5.74) is 1.16. The van der Waals surface area contributed by atoms with E-state index in [1.165, 1.54) is 25.7 Å². The molecule has 0 heterocycles. The molecule has 0 unspecified atom stereocenters. The Kier molecular flexibility index (Phi) is 4.60. The Balaban J connectivity index is 1.69. The molecule has 2 aliphatic rings. The number of hydrogen-bond acceptors (Lipinski definition) is 3. The lowest BCUT2D eigenvalue weighted by Gasteiger charge is -2.19. The van der Waals surface area contributed by atoms with E-state index in [0.717, 1.165) is 29.7 Å². The van der Waals surface area contributed by atoms with Crippen LogP contribution in [0.3, 0.4) is 0 Å². The third-order valence-corrected chi connectivity index (χ3v) is 4.66. The molecule has 0 amide bonds. The van der Waals surface area contributed by atoms with Crippen LogP contribution in [0.2, 0.25) is 5.02 Å². The molecule has 3 nitrogen and oxygen atoms in total. The number of methoxy groups -OCH3 is 1. The van der Waals surface area contributed by atoms with Gasteiger partial charge in [-0.25, -0.2) is 0 Å². The van der Waals surface area contributed by atoms with E-state index in [0.29, 0.717) is 23.4 Å². The van der Waals surface area contributed by atoms with E-state index >= 15 is 0 Å². The fraction of sp³-hybridized carbons (Fsp3) is 0.647. The molecule has 1 N–H and O–H groups in total. The van der Waals surface area contributed by atoms with Crippen molar-refractivity contribution >= 4 is 11.6 Å². The Morgan fingerprint density at radius 1 is 1.24 bits per heavy atom. The molecule has 2 aliphatic carbocycles. The van der Waals surface area contributed by atoms with E-state index in [2.05, 4.69) is 5.32 Å². The van der Waals surface area contributed by atoms with Crippen molar-refractivity contribution in [3.63, 3.8) is 0 Å². The lowest BCUT2D eigenvalue weighted by Crippen LogP contribution is -2.32. The largest absolute Gasteiger partial charge is 0.491 e. The highest BCUT2D eigenvalue weighted by Gasteiger charge is 2.40. The van der Waals surface area contributed by atoms with Crippen molar-refractivity contribution in [3.8, 4) is 11.5 Å². The van der Waals surface area contributed by atoms with Crippen molar-refractivity contribution in [1.29, 1.82) is 0 Å². The predicted molar refractivity (Wildman–Crippen MR) is 85.2 cm³/mol. The molecule has 21 heavy (non-hydrogen) atoms.